The van der Waals surface area contributed by atoms with Crippen molar-refractivity contribution in [2.24, 2.45) is 5.73 Å². The quantitative estimate of drug-likeness (QED) is 0.297. The van der Waals surface area contributed by atoms with Crippen molar-refractivity contribution < 1.29 is 34.8 Å². The number of β-amino-alcohol motifs (C(OH)–C–C–N with tert-alkyl or cyclic N) is 1. The smallest absolute Gasteiger partial charge is 0.320 e. The summed E-state index contributed by atoms with van der Waals surface area (Å²) in [4.78, 5) is 29.6. The van der Waals surface area contributed by atoms with Crippen molar-refractivity contribution >= 4 is 17.9 Å². The van der Waals surface area contributed by atoms with Gasteiger partial charge in [0.05, 0.1) is 12.6 Å². The first-order valence-electron chi connectivity index (χ1n) is 6.80. The van der Waals surface area contributed by atoms with E-state index in [9.17, 15) is 14.4 Å². The van der Waals surface area contributed by atoms with Crippen molar-refractivity contribution in [3.05, 3.63) is 0 Å². The fourth-order valence-corrected chi connectivity index (χ4v) is 1.80. The highest BCUT2D eigenvalue weighted by Crippen LogP contribution is 2.05. The average molecular weight is 321 g/mol. The van der Waals surface area contributed by atoms with E-state index in [-0.39, 0.29) is 12.6 Å². The Morgan fingerprint density at radius 1 is 1.05 bits per heavy atom. The summed E-state index contributed by atoms with van der Waals surface area (Å²) in [6.07, 6.45) is 1.63. The number of rotatable bonds is 3. The minimum atomic E-state index is -0.968. The Balaban J connectivity index is 0.000000315. The van der Waals surface area contributed by atoms with Gasteiger partial charge in [0, 0.05) is 13.0 Å². The van der Waals surface area contributed by atoms with Crippen LogP contribution in [0.25, 0.3) is 0 Å². The number of aliphatic hydroxyl groups is 1. The largest absolute Gasteiger partial charge is 0.480 e. The van der Waals surface area contributed by atoms with E-state index in [2.05, 4.69) is 16.4 Å². The van der Waals surface area contributed by atoms with Crippen molar-refractivity contribution in [1.29, 1.82) is 0 Å². The fourth-order valence-electron chi connectivity index (χ4n) is 1.80. The van der Waals surface area contributed by atoms with Gasteiger partial charge in [-0.2, -0.15) is 0 Å². The van der Waals surface area contributed by atoms with Crippen LogP contribution in [0, 0.1) is 0 Å². The molecular formula is C12H23N3O7. The highest BCUT2D eigenvalue weighted by Gasteiger charge is 2.27. The van der Waals surface area contributed by atoms with Crippen LogP contribution in [0.5, 0.6) is 0 Å². The molecule has 0 aromatic heterocycles. The first-order valence-corrected chi connectivity index (χ1v) is 6.80. The summed E-state index contributed by atoms with van der Waals surface area (Å²) >= 11 is 0. The maximum absolute atomic E-state index is 10.2. The molecule has 0 spiro atoms. The number of aliphatic carboxylic acids is 3. The van der Waals surface area contributed by atoms with Gasteiger partial charge in [0.25, 0.3) is 0 Å². The van der Waals surface area contributed by atoms with Crippen molar-refractivity contribution in [2.75, 3.05) is 19.6 Å². The van der Waals surface area contributed by atoms with Crippen molar-refractivity contribution in [1.82, 2.24) is 10.6 Å². The van der Waals surface area contributed by atoms with Crippen LogP contribution in [0.1, 0.15) is 19.3 Å². The summed E-state index contributed by atoms with van der Waals surface area (Å²) in [5.74, 6) is -2.57. The van der Waals surface area contributed by atoms with Crippen LogP contribution < -0.4 is 16.4 Å². The lowest BCUT2D eigenvalue weighted by molar-refractivity contribution is -0.140. The summed E-state index contributed by atoms with van der Waals surface area (Å²) in [6, 6.07) is -0.810. The lowest BCUT2D eigenvalue weighted by atomic mass is 10.2. The maximum atomic E-state index is 10.2. The Morgan fingerprint density at radius 2 is 1.59 bits per heavy atom. The molecule has 0 aliphatic carbocycles. The molecule has 22 heavy (non-hydrogen) atoms. The molecule has 0 radical (unpaired) electrons. The van der Waals surface area contributed by atoms with E-state index in [0.717, 1.165) is 19.4 Å². The highest BCUT2D eigenvalue weighted by atomic mass is 16.4. The van der Waals surface area contributed by atoms with Crippen LogP contribution in [0.3, 0.4) is 0 Å². The summed E-state index contributed by atoms with van der Waals surface area (Å²) < 4.78 is 0. The number of aliphatic hydroxyl groups excluding tert-OH is 1. The first-order chi connectivity index (χ1) is 10.3. The van der Waals surface area contributed by atoms with Crippen LogP contribution in [-0.4, -0.2) is 76.2 Å². The zero-order valence-corrected chi connectivity index (χ0v) is 12.1. The standard InChI is InChI=1S/C5H9NO3.C5H9NO2.C2H5NO2/c7-3-1-4(5(8)9)6-2-3;7-5(8)4-2-1-3-6-4;3-1-2(4)5/h3-4,6-7H,1-2H2,(H,8,9);4,6H,1-3H2,(H,7,8);1,3H2,(H,4,5)/t3-,4+;4-;/m10./s1. The fraction of sp³-hybridized carbons (Fsp3) is 0.750. The van der Waals surface area contributed by atoms with Gasteiger partial charge in [-0.3, -0.25) is 14.4 Å². The molecule has 2 aliphatic rings. The number of nitrogens with two attached hydrogens (primary N) is 1. The minimum Gasteiger partial charge on any atom is -0.480 e. The van der Waals surface area contributed by atoms with Gasteiger partial charge in [0.15, 0.2) is 0 Å². The van der Waals surface area contributed by atoms with E-state index in [4.69, 9.17) is 20.4 Å². The number of carboxylic acid groups (broad SMARTS) is 3. The summed E-state index contributed by atoms with van der Waals surface area (Å²) in [5, 5.41) is 38.6. The third-order valence-electron chi connectivity index (χ3n) is 2.94. The molecule has 0 bridgehead atoms. The van der Waals surface area contributed by atoms with E-state index in [1.807, 2.05) is 0 Å². The molecule has 0 aromatic rings. The molecule has 128 valence electrons. The second-order valence-corrected chi connectivity index (χ2v) is 4.77. The van der Waals surface area contributed by atoms with E-state index < -0.39 is 30.1 Å². The molecule has 0 unspecified atom stereocenters. The second kappa shape index (κ2) is 10.9. The van der Waals surface area contributed by atoms with Crippen LogP contribution >= 0.6 is 0 Å². The second-order valence-electron chi connectivity index (χ2n) is 4.77. The molecule has 2 saturated heterocycles. The Hall–Kier alpha value is -1.75. The molecule has 0 saturated carbocycles. The number of carbonyl (C=O) groups is 3. The molecule has 0 aromatic carbocycles. The molecule has 3 atom stereocenters. The molecule has 8 N–H and O–H groups in total. The molecule has 2 rings (SSSR count). The van der Waals surface area contributed by atoms with Gasteiger partial charge in [-0.1, -0.05) is 0 Å². The van der Waals surface area contributed by atoms with E-state index in [1.54, 1.807) is 0 Å². The third-order valence-corrected chi connectivity index (χ3v) is 2.94. The first kappa shape index (κ1) is 20.2. The van der Waals surface area contributed by atoms with Gasteiger partial charge in [0.2, 0.25) is 0 Å². The normalized spacial score (nSPS) is 26.2. The van der Waals surface area contributed by atoms with Gasteiger partial charge in [-0.15, -0.1) is 0 Å². The van der Waals surface area contributed by atoms with Crippen LogP contribution in [0.15, 0.2) is 0 Å². The summed E-state index contributed by atoms with van der Waals surface area (Å²) in [7, 11) is 0. The molecule has 2 fully saturated rings. The van der Waals surface area contributed by atoms with Crippen LogP contribution in [0.4, 0.5) is 0 Å². The molecular weight excluding hydrogens is 298 g/mol. The van der Waals surface area contributed by atoms with Gasteiger partial charge in [0.1, 0.15) is 12.1 Å². The van der Waals surface area contributed by atoms with Gasteiger partial charge in [-0.05, 0) is 19.4 Å². The number of hydrogen-bond acceptors (Lipinski definition) is 7. The number of nitrogens with one attached hydrogen (secondary N) is 2. The molecule has 10 nitrogen and oxygen atoms in total. The summed E-state index contributed by atoms with van der Waals surface area (Å²) in [5.41, 5.74) is 4.57. The van der Waals surface area contributed by atoms with E-state index >= 15 is 0 Å². The molecule has 0 amide bonds. The predicted octanol–water partition coefficient (Wildman–Crippen LogP) is -2.35. The Kier molecular flexibility index (Phi) is 10.0. The average Bonchev–Trinajstić information content (AvgIpc) is 3.10. The molecule has 10 heteroatoms. The highest BCUT2D eigenvalue weighted by molar-refractivity contribution is 5.74. The lowest BCUT2D eigenvalue weighted by Gasteiger charge is -1.99. The monoisotopic (exact) mass is 321 g/mol. The molecule has 2 aliphatic heterocycles. The van der Waals surface area contributed by atoms with Crippen molar-refractivity contribution in [2.45, 2.75) is 37.5 Å². The van der Waals surface area contributed by atoms with Crippen molar-refractivity contribution in [3.8, 4) is 0 Å². The maximum Gasteiger partial charge on any atom is 0.320 e. The predicted molar refractivity (Wildman–Crippen MR) is 75.4 cm³/mol. The number of carboxylic acids is 3. The van der Waals surface area contributed by atoms with Gasteiger partial charge >= 0.3 is 17.9 Å². The molecule has 2 heterocycles. The van der Waals surface area contributed by atoms with Crippen LogP contribution in [-0.2, 0) is 14.4 Å². The van der Waals surface area contributed by atoms with Crippen molar-refractivity contribution in [3.63, 3.8) is 0 Å². The van der Waals surface area contributed by atoms with Crippen LogP contribution in [0.2, 0.25) is 0 Å². The van der Waals surface area contributed by atoms with Gasteiger partial charge in [-0.25, -0.2) is 0 Å². The zero-order chi connectivity index (χ0) is 17.1. The third kappa shape index (κ3) is 9.23. The SMILES string of the molecule is NCC(=O)O.O=C(O)[C@@H]1CCCN1.O=C(O)[C@@H]1C[C@@H](O)CN1. The van der Waals surface area contributed by atoms with E-state index in [0.29, 0.717) is 13.0 Å². The number of hydrogen-bond donors (Lipinski definition) is 7. The van der Waals surface area contributed by atoms with E-state index in [1.165, 1.54) is 0 Å². The topological polar surface area (TPSA) is 182 Å². The Labute approximate surface area is 127 Å². The zero-order valence-electron chi connectivity index (χ0n) is 12.1. The van der Waals surface area contributed by atoms with Gasteiger partial charge < -0.3 is 36.8 Å². The minimum absolute atomic E-state index is 0.269. The lowest BCUT2D eigenvalue weighted by Crippen LogP contribution is -2.29. The Morgan fingerprint density at radius 3 is 1.77 bits per heavy atom. The summed E-state index contributed by atoms with van der Waals surface area (Å²) in [6.45, 7) is 0.980. The Bertz CT molecular complexity index is 372.